The van der Waals surface area contributed by atoms with Gasteiger partial charge in [-0.15, -0.1) is 0 Å². The zero-order chi connectivity index (χ0) is 15.7. The van der Waals surface area contributed by atoms with Gasteiger partial charge in [-0.1, -0.05) is 6.07 Å². The highest BCUT2D eigenvalue weighted by Crippen LogP contribution is 2.35. The van der Waals surface area contributed by atoms with E-state index in [4.69, 9.17) is 5.11 Å². The van der Waals surface area contributed by atoms with Gasteiger partial charge < -0.3 is 15.3 Å². The zero-order valence-electron chi connectivity index (χ0n) is 10.9. The highest BCUT2D eigenvalue weighted by molar-refractivity contribution is 9.10. The van der Waals surface area contributed by atoms with Crippen molar-refractivity contribution in [2.24, 2.45) is 0 Å². The van der Waals surface area contributed by atoms with Crippen LogP contribution in [0.5, 0.6) is 0 Å². The molecule has 8 heteroatoms. The van der Waals surface area contributed by atoms with Gasteiger partial charge in [-0.2, -0.15) is 0 Å². The van der Waals surface area contributed by atoms with E-state index >= 15 is 0 Å². The van der Waals surface area contributed by atoms with Crippen molar-refractivity contribution in [2.75, 3.05) is 11.4 Å². The van der Waals surface area contributed by atoms with Gasteiger partial charge in [0.15, 0.2) is 0 Å². The third-order valence-electron chi connectivity index (χ3n) is 2.98. The summed E-state index contributed by atoms with van der Waals surface area (Å²) in [5.41, 5.74) is 0.533. The molecule has 1 heterocycles. The Labute approximate surface area is 128 Å². The van der Waals surface area contributed by atoms with Gasteiger partial charge in [0.1, 0.15) is 6.04 Å². The van der Waals surface area contributed by atoms with Crippen molar-refractivity contribution in [1.82, 2.24) is 5.32 Å². The number of amides is 2. The molecule has 1 aromatic rings. The molecule has 0 spiro atoms. The number of hydrogen-bond acceptors (Lipinski definition) is 4. The molecule has 0 saturated heterocycles. The first kappa shape index (κ1) is 15.2. The molecule has 2 amide bonds. The van der Waals surface area contributed by atoms with E-state index in [0.717, 1.165) is 4.90 Å². The Balaban J connectivity index is 2.37. The summed E-state index contributed by atoms with van der Waals surface area (Å²) < 4.78 is 0.506. The van der Waals surface area contributed by atoms with Crippen LogP contribution in [0, 0.1) is 0 Å². The Morgan fingerprint density at radius 1 is 1.38 bits per heavy atom. The van der Waals surface area contributed by atoms with Gasteiger partial charge in [0, 0.05) is 11.4 Å². The molecule has 21 heavy (non-hydrogen) atoms. The minimum absolute atomic E-state index is 0.210. The third kappa shape index (κ3) is 2.80. The maximum Gasteiger partial charge on any atom is 0.328 e. The molecule has 1 aliphatic rings. The molecule has 2 rings (SSSR count). The van der Waals surface area contributed by atoms with Crippen molar-refractivity contribution >= 4 is 45.2 Å². The molecule has 1 atom stereocenters. The molecule has 1 aliphatic heterocycles. The van der Waals surface area contributed by atoms with E-state index in [1.54, 1.807) is 12.1 Å². The number of benzene rings is 1. The van der Waals surface area contributed by atoms with Crippen LogP contribution in [0.15, 0.2) is 22.7 Å². The summed E-state index contributed by atoms with van der Waals surface area (Å²) in [5.74, 6) is -3.33. The lowest BCUT2D eigenvalue weighted by molar-refractivity contribution is -0.141. The van der Waals surface area contributed by atoms with Crippen LogP contribution in [0.4, 0.5) is 5.69 Å². The average molecular weight is 355 g/mol. The van der Waals surface area contributed by atoms with E-state index in [1.165, 1.54) is 13.0 Å². The number of nitrogens with zero attached hydrogens (tertiary/aromatic N) is 1. The van der Waals surface area contributed by atoms with Crippen molar-refractivity contribution in [3.63, 3.8) is 0 Å². The molecule has 1 aromatic carbocycles. The number of halogens is 1. The summed E-state index contributed by atoms with van der Waals surface area (Å²) >= 11 is 3.24. The van der Waals surface area contributed by atoms with Crippen molar-refractivity contribution < 1.29 is 24.3 Å². The van der Waals surface area contributed by atoms with E-state index in [9.17, 15) is 19.2 Å². The Morgan fingerprint density at radius 3 is 2.62 bits per heavy atom. The lowest BCUT2D eigenvalue weighted by Gasteiger charge is -2.22. The fourth-order valence-electron chi connectivity index (χ4n) is 2.10. The number of rotatable bonds is 4. The highest BCUT2D eigenvalue weighted by atomic mass is 79.9. The van der Waals surface area contributed by atoms with E-state index in [-0.39, 0.29) is 12.1 Å². The van der Waals surface area contributed by atoms with Crippen LogP contribution in [-0.4, -0.2) is 41.3 Å². The number of ketones is 1. The number of anilines is 1. The zero-order valence-corrected chi connectivity index (χ0v) is 12.5. The number of Topliss-reactive ketones (excluding diaryl/α,β-unsaturated/α-hetero) is 1. The quantitative estimate of drug-likeness (QED) is 0.769. The molecule has 1 unspecified atom stereocenters. The molecular weight excluding hydrogens is 344 g/mol. The number of carboxylic acid groups (broad SMARTS) is 1. The molecule has 0 fully saturated rings. The van der Waals surface area contributed by atoms with Crippen LogP contribution in [-0.2, 0) is 14.4 Å². The molecule has 0 aromatic heterocycles. The van der Waals surface area contributed by atoms with Gasteiger partial charge in [-0.25, -0.2) is 4.79 Å². The fraction of sp³-hybridized carbons (Fsp3) is 0.231. The first-order valence-corrected chi connectivity index (χ1v) is 6.77. The third-order valence-corrected chi connectivity index (χ3v) is 3.62. The lowest BCUT2D eigenvalue weighted by atomic mass is 10.1. The van der Waals surface area contributed by atoms with E-state index in [0.29, 0.717) is 10.2 Å². The summed E-state index contributed by atoms with van der Waals surface area (Å²) in [6.45, 7) is 0.853. The van der Waals surface area contributed by atoms with Gasteiger partial charge in [0.25, 0.3) is 11.7 Å². The SMILES string of the molecule is CC(=O)NC(CN1C(=O)C(=O)c2cccc(Br)c21)C(=O)O. The van der Waals surface area contributed by atoms with Crippen LogP contribution in [0.2, 0.25) is 0 Å². The van der Waals surface area contributed by atoms with Crippen LogP contribution >= 0.6 is 15.9 Å². The standard InChI is InChI=1S/C13H11BrN2O5/c1-6(17)15-9(13(20)21)5-16-10-7(11(18)12(16)19)3-2-4-8(10)14/h2-4,9H,5H2,1H3,(H,15,17)(H,20,21). The van der Waals surface area contributed by atoms with Gasteiger partial charge in [-0.3, -0.25) is 14.4 Å². The molecule has 110 valence electrons. The Hall–Kier alpha value is -2.22. The predicted octanol–water partition coefficient (Wildman–Crippen LogP) is 0.568. The van der Waals surface area contributed by atoms with Crippen molar-refractivity contribution in [3.05, 3.63) is 28.2 Å². The van der Waals surface area contributed by atoms with Gasteiger partial charge in [-0.05, 0) is 28.1 Å². The number of fused-ring (bicyclic) bond motifs is 1. The molecule has 0 saturated carbocycles. The molecule has 0 aliphatic carbocycles. The molecule has 7 nitrogen and oxygen atoms in total. The van der Waals surface area contributed by atoms with E-state index in [1.807, 2.05) is 0 Å². The number of hydrogen-bond donors (Lipinski definition) is 2. The van der Waals surface area contributed by atoms with Crippen molar-refractivity contribution in [1.29, 1.82) is 0 Å². The Bertz CT molecular complexity index is 658. The summed E-state index contributed by atoms with van der Waals surface area (Å²) in [6.07, 6.45) is 0. The van der Waals surface area contributed by atoms with Gasteiger partial charge in [0.2, 0.25) is 5.91 Å². The van der Waals surface area contributed by atoms with Gasteiger partial charge in [0.05, 0.1) is 17.8 Å². The molecule has 2 N–H and O–H groups in total. The number of para-hydroxylation sites is 1. The molecule has 0 bridgehead atoms. The Morgan fingerprint density at radius 2 is 2.05 bits per heavy atom. The number of aliphatic carboxylic acids is 1. The Kier molecular flexibility index (Phi) is 4.08. The highest BCUT2D eigenvalue weighted by Gasteiger charge is 2.39. The number of carbonyl (C=O) groups is 4. The first-order chi connectivity index (χ1) is 9.82. The average Bonchev–Trinajstić information content (AvgIpc) is 2.64. The minimum Gasteiger partial charge on any atom is -0.480 e. The second-order valence-electron chi connectivity index (χ2n) is 4.47. The summed E-state index contributed by atoms with van der Waals surface area (Å²) in [6, 6.07) is 3.46. The van der Waals surface area contributed by atoms with Crippen molar-refractivity contribution in [2.45, 2.75) is 13.0 Å². The maximum absolute atomic E-state index is 12.0. The molecule has 0 radical (unpaired) electrons. The van der Waals surface area contributed by atoms with E-state index in [2.05, 4.69) is 21.2 Å². The van der Waals surface area contributed by atoms with Crippen LogP contribution in [0.1, 0.15) is 17.3 Å². The molecular formula is C13H11BrN2O5. The number of carboxylic acids is 1. The lowest BCUT2D eigenvalue weighted by Crippen LogP contribution is -2.49. The summed E-state index contributed by atoms with van der Waals surface area (Å²) in [7, 11) is 0. The maximum atomic E-state index is 12.0. The smallest absolute Gasteiger partial charge is 0.328 e. The second kappa shape index (κ2) is 5.65. The first-order valence-electron chi connectivity index (χ1n) is 5.97. The topological polar surface area (TPSA) is 104 Å². The fourth-order valence-corrected chi connectivity index (χ4v) is 2.68. The minimum atomic E-state index is -1.29. The summed E-state index contributed by atoms with van der Waals surface area (Å²) in [4.78, 5) is 47.2. The predicted molar refractivity (Wildman–Crippen MR) is 76.1 cm³/mol. The van der Waals surface area contributed by atoms with Crippen LogP contribution in [0.25, 0.3) is 0 Å². The number of carbonyl (C=O) groups excluding carboxylic acids is 3. The largest absolute Gasteiger partial charge is 0.480 e. The second-order valence-corrected chi connectivity index (χ2v) is 5.33. The van der Waals surface area contributed by atoms with Crippen molar-refractivity contribution in [3.8, 4) is 0 Å². The monoisotopic (exact) mass is 354 g/mol. The van der Waals surface area contributed by atoms with Gasteiger partial charge >= 0.3 is 5.97 Å². The van der Waals surface area contributed by atoms with Crippen LogP contribution < -0.4 is 10.2 Å². The normalized spacial score (nSPS) is 14.9. The van der Waals surface area contributed by atoms with Crippen LogP contribution in [0.3, 0.4) is 0 Å². The number of nitrogens with one attached hydrogen (secondary N) is 1. The van der Waals surface area contributed by atoms with E-state index < -0.39 is 29.6 Å². The summed E-state index contributed by atoms with van der Waals surface area (Å²) in [5, 5.41) is 11.3.